The predicted molar refractivity (Wildman–Crippen MR) is 57.2 cm³/mol. The van der Waals surface area contributed by atoms with Crippen LogP contribution >= 0.6 is 0 Å². The highest BCUT2D eigenvalue weighted by Gasteiger charge is 2.24. The summed E-state index contributed by atoms with van der Waals surface area (Å²) in [6.07, 6.45) is 1.74. The van der Waals surface area contributed by atoms with Gasteiger partial charge in [-0.25, -0.2) is 0 Å². The molecule has 0 fully saturated rings. The zero-order chi connectivity index (χ0) is 10.9. The average Bonchev–Trinajstić information content (AvgIpc) is 2.74. The second-order valence-corrected chi connectivity index (χ2v) is 3.85. The molecule has 1 aromatic rings. The maximum atomic E-state index is 9.34. The topological polar surface area (TPSA) is 38.7 Å². The van der Waals surface area contributed by atoms with Crippen LogP contribution in [0.5, 0.6) is 11.5 Å². The first kappa shape index (κ1) is 10.1. The number of hydrogen-bond donors (Lipinski definition) is 1. The van der Waals surface area contributed by atoms with Gasteiger partial charge >= 0.3 is 0 Å². The van der Waals surface area contributed by atoms with Crippen molar-refractivity contribution in [2.24, 2.45) is 0 Å². The van der Waals surface area contributed by atoms with Crippen LogP contribution in [-0.4, -0.2) is 18.5 Å². The van der Waals surface area contributed by atoms with Gasteiger partial charge in [0, 0.05) is 5.41 Å². The quantitative estimate of drug-likeness (QED) is 0.767. The molecule has 1 atom stereocenters. The summed E-state index contributed by atoms with van der Waals surface area (Å²) in [5, 5.41) is 9.34. The highest BCUT2D eigenvalue weighted by molar-refractivity contribution is 5.47. The Balaban J connectivity index is 2.41. The van der Waals surface area contributed by atoms with Crippen LogP contribution in [0.2, 0.25) is 0 Å². The molecule has 0 aromatic heterocycles. The Bertz CT molecular complexity index is 386. The maximum absolute atomic E-state index is 9.34. The molecular weight excluding hydrogens is 192 g/mol. The minimum absolute atomic E-state index is 0.0240. The Labute approximate surface area is 88.9 Å². The van der Waals surface area contributed by atoms with Crippen molar-refractivity contribution in [2.45, 2.75) is 12.3 Å². The van der Waals surface area contributed by atoms with Crippen molar-refractivity contribution < 1.29 is 14.6 Å². The third-order valence-corrected chi connectivity index (χ3v) is 2.81. The van der Waals surface area contributed by atoms with Gasteiger partial charge in [-0.2, -0.15) is 0 Å². The second-order valence-electron chi connectivity index (χ2n) is 3.85. The monoisotopic (exact) mass is 206 g/mol. The lowest BCUT2D eigenvalue weighted by Gasteiger charge is -2.23. The lowest BCUT2D eigenvalue weighted by atomic mass is 9.83. The van der Waals surface area contributed by atoms with E-state index in [1.807, 2.05) is 25.1 Å². The van der Waals surface area contributed by atoms with Gasteiger partial charge in [0.25, 0.3) is 0 Å². The summed E-state index contributed by atoms with van der Waals surface area (Å²) >= 11 is 0. The summed E-state index contributed by atoms with van der Waals surface area (Å²) in [5.41, 5.74) is 0.547. The largest absolute Gasteiger partial charge is 0.454 e. The van der Waals surface area contributed by atoms with E-state index < -0.39 is 5.41 Å². The fourth-order valence-corrected chi connectivity index (χ4v) is 1.53. The molecule has 3 heteroatoms. The summed E-state index contributed by atoms with van der Waals surface area (Å²) in [6, 6.07) is 5.67. The molecule has 0 saturated carbocycles. The van der Waals surface area contributed by atoms with Crippen LogP contribution in [0.25, 0.3) is 0 Å². The highest BCUT2D eigenvalue weighted by atomic mass is 16.7. The number of fused-ring (bicyclic) bond motifs is 1. The van der Waals surface area contributed by atoms with Crippen molar-refractivity contribution in [3.63, 3.8) is 0 Å². The molecule has 1 aliphatic heterocycles. The first-order valence-electron chi connectivity index (χ1n) is 4.84. The standard InChI is InChI=1S/C12H14O3/c1-3-12(2,7-13)9-4-5-10-11(6-9)15-8-14-10/h3-6,13H,1,7-8H2,2H3/t12-/m1/s1. The summed E-state index contributed by atoms with van der Waals surface area (Å²) in [7, 11) is 0. The van der Waals surface area contributed by atoms with E-state index >= 15 is 0 Å². The van der Waals surface area contributed by atoms with Crippen molar-refractivity contribution in [3.05, 3.63) is 36.4 Å². The average molecular weight is 206 g/mol. The molecule has 1 N–H and O–H groups in total. The number of rotatable bonds is 3. The van der Waals surface area contributed by atoms with Crippen LogP contribution in [0, 0.1) is 0 Å². The van der Waals surface area contributed by atoms with Gasteiger partial charge in [0.2, 0.25) is 6.79 Å². The fourth-order valence-electron chi connectivity index (χ4n) is 1.53. The van der Waals surface area contributed by atoms with E-state index in [9.17, 15) is 5.11 Å². The van der Waals surface area contributed by atoms with E-state index in [0.717, 1.165) is 17.1 Å². The second kappa shape index (κ2) is 3.59. The van der Waals surface area contributed by atoms with E-state index in [0.29, 0.717) is 0 Å². The van der Waals surface area contributed by atoms with Crippen LogP contribution in [0.3, 0.4) is 0 Å². The first-order chi connectivity index (χ1) is 7.19. The summed E-state index contributed by atoms with van der Waals surface area (Å²) < 4.78 is 10.5. The predicted octanol–water partition coefficient (Wildman–Crippen LogP) is 1.85. The van der Waals surface area contributed by atoms with Gasteiger partial charge in [-0.15, -0.1) is 6.58 Å². The van der Waals surface area contributed by atoms with Gasteiger partial charge in [-0.1, -0.05) is 12.1 Å². The molecule has 15 heavy (non-hydrogen) atoms. The van der Waals surface area contributed by atoms with Crippen LogP contribution < -0.4 is 9.47 Å². The fraction of sp³-hybridized carbons (Fsp3) is 0.333. The van der Waals surface area contributed by atoms with Gasteiger partial charge in [0.15, 0.2) is 11.5 Å². The zero-order valence-electron chi connectivity index (χ0n) is 8.69. The van der Waals surface area contributed by atoms with E-state index in [2.05, 4.69) is 6.58 Å². The van der Waals surface area contributed by atoms with Crippen molar-refractivity contribution >= 4 is 0 Å². The summed E-state index contributed by atoms with van der Waals surface area (Å²) in [5.74, 6) is 1.48. The normalized spacial score (nSPS) is 17.2. The Morgan fingerprint density at radius 2 is 2.20 bits per heavy atom. The molecule has 0 spiro atoms. The Hall–Kier alpha value is -1.48. The van der Waals surface area contributed by atoms with Gasteiger partial charge in [-0.3, -0.25) is 0 Å². The lowest BCUT2D eigenvalue weighted by Crippen LogP contribution is -2.23. The number of aliphatic hydroxyl groups is 1. The van der Waals surface area contributed by atoms with E-state index in [1.54, 1.807) is 6.08 Å². The van der Waals surface area contributed by atoms with Crippen molar-refractivity contribution in [2.75, 3.05) is 13.4 Å². The van der Waals surface area contributed by atoms with E-state index in [4.69, 9.17) is 9.47 Å². The molecule has 80 valence electrons. The van der Waals surface area contributed by atoms with Crippen LogP contribution in [0.4, 0.5) is 0 Å². The molecule has 1 heterocycles. The van der Waals surface area contributed by atoms with Crippen LogP contribution in [-0.2, 0) is 5.41 Å². The molecule has 0 unspecified atom stereocenters. The van der Waals surface area contributed by atoms with Crippen molar-refractivity contribution in [3.8, 4) is 11.5 Å². The summed E-state index contributed by atoms with van der Waals surface area (Å²) in [6.45, 7) is 5.96. The number of hydrogen-bond acceptors (Lipinski definition) is 3. The first-order valence-corrected chi connectivity index (χ1v) is 4.84. The number of aliphatic hydroxyl groups excluding tert-OH is 1. The molecule has 0 saturated heterocycles. The lowest BCUT2D eigenvalue weighted by molar-refractivity contribution is 0.174. The molecule has 0 bridgehead atoms. The minimum Gasteiger partial charge on any atom is -0.454 e. The van der Waals surface area contributed by atoms with Crippen molar-refractivity contribution in [1.29, 1.82) is 0 Å². The molecule has 0 aliphatic carbocycles. The highest BCUT2D eigenvalue weighted by Crippen LogP contribution is 2.36. The van der Waals surface area contributed by atoms with E-state index in [-0.39, 0.29) is 13.4 Å². The van der Waals surface area contributed by atoms with Crippen molar-refractivity contribution in [1.82, 2.24) is 0 Å². The smallest absolute Gasteiger partial charge is 0.231 e. The summed E-state index contributed by atoms with van der Waals surface area (Å²) in [4.78, 5) is 0. The molecule has 1 aromatic carbocycles. The minimum atomic E-state index is -0.430. The molecular formula is C12H14O3. The van der Waals surface area contributed by atoms with Gasteiger partial charge in [-0.05, 0) is 24.6 Å². The molecule has 0 radical (unpaired) electrons. The molecule has 1 aliphatic rings. The maximum Gasteiger partial charge on any atom is 0.231 e. The van der Waals surface area contributed by atoms with Crippen LogP contribution in [0.15, 0.2) is 30.9 Å². The third-order valence-electron chi connectivity index (χ3n) is 2.81. The Morgan fingerprint density at radius 3 is 2.87 bits per heavy atom. The Kier molecular flexibility index (Phi) is 2.40. The number of benzene rings is 1. The third kappa shape index (κ3) is 1.59. The molecule has 0 amide bonds. The zero-order valence-corrected chi connectivity index (χ0v) is 8.69. The SMILES string of the molecule is C=C[C@](C)(CO)c1ccc2c(c1)OCO2. The van der Waals surface area contributed by atoms with Gasteiger partial charge in [0.1, 0.15) is 0 Å². The Morgan fingerprint density at radius 1 is 1.47 bits per heavy atom. The van der Waals surface area contributed by atoms with Crippen LogP contribution in [0.1, 0.15) is 12.5 Å². The van der Waals surface area contributed by atoms with E-state index in [1.165, 1.54) is 0 Å². The molecule has 2 rings (SSSR count). The van der Waals surface area contributed by atoms with Gasteiger partial charge < -0.3 is 14.6 Å². The number of ether oxygens (including phenoxy) is 2. The molecule has 3 nitrogen and oxygen atoms in total. The van der Waals surface area contributed by atoms with Gasteiger partial charge in [0.05, 0.1) is 6.61 Å².